The predicted octanol–water partition coefficient (Wildman–Crippen LogP) is 2.26. The molecule has 19 heavy (non-hydrogen) atoms. The molecule has 0 aromatic heterocycles. The zero-order valence-electron chi connectivity index (χ0n) is 10.9. The standard InChI is InChI=1S/C13H17NO5/c1-9(2)8-19-12(13(15)16)7-10-4-3-5-11(6-10)14(17)18/h3-6,9,12H,7-8H2,1-2H3,(H,15,16). The molecule has 0 saturated heterocycles. The fourth-order valence-electron chi connectivity index (χ4n) is 1.54. The molecule has 6 heteroatoms. The van der Waals surface area contributed by atoms with E-state index in [-0.39, 0.29) is 18.0 Å². The molecule has 6 nitrogen and oxygen atoms in total. The quantitative estimate of drug-likeness (QED) is 0.604. The highest BCUT2D eigenvalue weighted by Gasteiger charge is 2.20. The van der Waals surface area contributed by atoms with Crippen LogP contribution in [0.4, 0.5) is 5.69 Å². The zero-order chi connectivity index (χ0) is 14.4. The van der Waals surface area contributed by atoms with Crippen LogP contribution in [0.1, 0.15) is 19.4 Å². The fraction of sp³-hybridized carbons (Fsp3) is 0.462. The van der Waals surface area contributed by atoms with Crippen LogP contribution in [0.5, 0.6) is 0 Å². The molecule has 0 aliphatic heterocycles. The van der Waals surface area contributed by atoms with Crippen molar-refractivity contribution < 1.29 is 19.6 Å². The average Bonchev–Trinajstić information content (AvgIpc) is 2.34. The van der Waals surface area contributed by atoms with Crippen molar-refractivity contribution >= 4 is 11.7 Å². The van der Waals surface area contributed by atoms with Crippen LogP contribution in [-0.4, -0.2) is 28.7 Å². The third-order valence-corrected chi connectivity index (χ3v) is 2.45. The Morgan fingerprint density at radius 3 is 2.68 bits per heavy atom. The largest absolute Gasteiger partial charge is 0.479 e. The number of rotatable bonds is 7. The van der Waals surface area contributed by atoms with Gasteiger partial charge in [-0.15, -0.1) is 0 Å². The molecule has 104 valence electrons. The summed E-state index contributed by atoms with van der Waals surface area (Å²) >= 11 is 0. The molecule has 0 saturated carbocycles. The second-order valence-electron chi connectivity index (χ2n) is 4.69. The number of nitrogens with zero attached hydrogens (tertiary/aromatic N) is 1. The van der Waals surface area contributed by atoms with Crippen molar-refractivity contribution in [2.75, 3.05) is 6.61 Å². The summed E-state index contributed by atoms with van der Waals surface area (Å²) in [7, 11) is 0. The van der Waals surface area contributed by atoms with Crippen LogP contribution in [0.25, 0.3) is 0 Å². The van der Waals surface area contributed by atoms with E-state index in [0.717, 1.165) is 0 Å². The van der Waals surface area contributed by atoms with Crippen molar-refractivity contribution in [1.82, 2.24) is 0 Å². The van der Waals surface area contributed by atoms with Crippen LogP contribution in [0, 0.1) is 16.0 Å². The van der Waals surface area contributed by atoms with Gasteiger partial charge in [0.2, 0.25) is 0 Å². The van der Waals surface area contributed by atoms with Crippen molar-refractivity contribution in [1.29, 1.82) is 0 Å². The van der Waals surface area contributed by atoms with E-state index in [1.807, 2.05) is 13.8 Å². The molecule has 0 heterocycles. The summed E-state index contributed by atoms with van der Waals surface area (Å²) in [4.78, 5) is 21.2. The van der Waals surface area contributed by atoms with E-state index in [1.165, 1.54) is 18.2 Å². The van der Waals surface area contributed by atoms with Crippen LogP contribution in [0.15, 0.2) is 24.3 Å². The lowest BCUT2D eigenvalue weighted by Gasteiger charge is -2.15. The fourth-order valence-corrected chi connectivity index (χ4v) is 1.54. The SMILES string of the molecule is CC(C)COC(Cc1cccc([N+](=O)[O-])c1)C(=O)O. The summed E-state index contributed by atoms with van der Waals surface area (Å²) in [5.74, 6) is -0.834. The molecule has 1 aromatic carbocycles. The minimum absolute atomic E-state index is 0.0505. The maximum atomic E-state index is 11.1. The number of carboxylic acids is 1. The smallest absolute Gasteiger partial charge is 0.333 e. The minimum Gasteiger partial charge on any atom is -0.479 e. The maximum Gasteiger partial charge on any atom is 0.333 e. The molecule has 1 atom stereocenters. The van der Waals surface area contributed by atoms with Gasteiger partial charge in [0.15, 0.2) is 6.10 Å². The minimum atomic E-state index is -1.06. The van der Waals surface area contributed by atoms with E-state index in [9.17, 15) is 14.9 Å². The van der Waals surface area contributed by atoms with Gasteiger partial charge in [0.05, 0.1) is 11.5 Å². The number of ether oxygens (including phenoxy) is 1. The van der Waals surface area contributed by atoms with Gasteiger partial charge in [-0.05, 0) is 11.5 Å². The first-order valence-electron chi connectivity index (χ1n) is 5.98. The van der Waals surface area contributed by atoms with Gasteiger partial charge in [-0.3, -0.25) is 10.1 Å². The molecule has 1 rings (SSSR count). The van der Waals surface area contributed by atoms with Crippen LogP contribution >= 0.6 is 0 Å². The van der Waals surface area contributed by atoms with Gasteiger partial charge in [-0.25, -0.2) is 4.79 Å². The number of nitro benzene ring substituents is 1. The van der Waals surface area contributed by atoms with E-state index in [2.05, 4.69) is 0 Å². The monoisotopic (exact) mass is 267 g/mol. The van der Waals surface area contributed by atoms with Crippen LogP contribution in [0.3, 0.4) is 0 Å². The second-order valence-corrected chi connectivity index (χ2v) is 4.69. The van der Waals surface area contributed by atoms with Gasteiger partial charge in [-0.1, -0.05) is 26.0 Å². The Balaban J connectivity index is 2.76. The van der Waals surface area contributed by atoms with Crippen LogP contribution in [0.2, 0.25) is 0 Å². The van der Waals surface area contributed by atoms with Gasteiger partial charge in [0, 0.05) is 18.6 Å². The molecule has 0 fully saturated rings. The van der Waals surface area contributed by atoms with Crippen molar-refractivity contribution in [2.24, 2.45) is 5.92 Å². The third kappa shape index (κ3) is 5.05. The number of non-ortho nitro benzene ring substituents is 1. The molecular weight excluding hydrogens is 250 g/mol. The number of carboxylic acid groups (broad SMARTS) is 1. The highest BCUT2D eigenvalue weighted by atomic mass is 16.6. The van der Waals surface area contributed by atoms with E-state index in [0.29, 0.717) is 12.2 Å². The number of benzene rings is 1. The Labute approximate surface area is 111 Å². The first-order chi connectivity index (χ1) is 8.90. The number of aliphatic carboxylic acids is 1. The molecule has 0 bridgehead atoms. The van der Waals surface area contributed by atoms with Crippen LogP contribution < -0.4 is 0 Å². The average molecular weight is 267 g/mol. The third-order valence-electron chi connectivity index (χ3n) is 2.45. The normalized spacial score (nSPS) is 12.4. The predicted molar refractivity (Wildman–Crippen MR) is 69.0 cm³/mol. The van der Waals surface area contributed by atoms with Gasteiger partial charge in [0.1, 0.15) is 0 Å². The lowest BCUT2D eigenvalue weighted by atomic mass is 10.1. The van der Waals surface area contributed by atoms with Crippen molar-refractivity contribution in [3.8, 4) is 0 Å². The first kappa shape index (κ1) is 15.1. The summed E-state index contributed by atoms with van der Waals surface area (Å²) < 4.78 is 5.30. The summed E-state index contributed by atoms with van der Waals surface area (Å²) in [5.41, 5.74) is 0.524. The maximum absolute atomic E-state index is 11.1. The number of hydrogen-bond acceptors (Lipinski definition) is 4. The Bertz CT molecular complexity index is 458. The summed E-state index contributed by atoms with van der Waals surface area (Å²) in [5, 5.41) is 19.7. The molecule has 1 aromatic rings. The Morgan fingerprint density at radius 2 is 2.16 bits per heavy atom. The molecule has 1 unspecified atom stereocenters. The topological polar surface area (TPSA) is 89.7 Å². The highest BCUT2D eigenvalue weighted by Crippen LogP contribution is 2.15. The Morgan fingerprint density at radius 1 is 1.47 bits per heavy atom. The number of hydrogen-bond donors (Lipinski definition) is 1. The Kier molecular flexibility index (Phi) is 5.44. The molecule has 0 radical (unpaired) electrons. The lowest BCUT2D eigenvalue weighted by Crippen LogP contribution is -2.28. The van der Waals surface area contributed by atoms with Crippen molar-refractivity contribution in [3.05, 3.63) is 39.9 Å². The highest BCUT2D eigenvalue weighted by molar-refractivity contribution is 5.72. The van der Waals surface area contributed by atoms with Crippen LogP contribution in [-0.2, 0) is 16.0 Å². The lowest BCUT2D eigenvalue weighted by molar-refractivity contribution is -0.384. The van der Waals surface area contributed by atoms with Gasteiger partial charge < -0.3 is 9.84 Å². The molecular formula is C13H17NO5. The number of carbonyl (C=O) groups is 1. The molecule has 1 N–H and O–H groups in total. The van der Waals surface area contributed by atoms with E-state index >= 15 is 0 Å². The second kappa shape index (κ2) is 6.84. The van der Waals surface area contributed by atoms with Gasteiger partial charge in [0.25, 0.3) is 5.69 Å². The number of nitro groups is 1. The van der Waals surface area contributed by atoms with Crippen molar-refractivity contribution in [2.45, 2.75) is 26.4 Å². The molecule has 0 aliphatic rings. The molecule has 0 amide bonds. The van der Waals surface area contributed by atoms with E-state index in [4.69, 9.17) is 9.84 Å². The zero-order valence-corrected chi connectivity index (χ0v) is 10.9. The summed E-state index contributed by atoms with van der Waals surface area (Å²) in [6.07, 6.45) is -0.867. The van der Waals surface area contributed by atoms with Gasteiger partial charge >= 0.3 is 5.97 Å². The van der Waals surface area contributed by atoms with Gasteiger partial charge in [-0.2, -0.15) is 0 Å². The van der Waals surface area contributed by atoms with E-state index in [1.54, 1.807) is 6.07 Å². The Hall–Kier alpha value is -1.95. The summed E-state index contributed by atoms with van der Waals surface area (Å²) in [6.45, 7) is 4.18. The van der Waals surface area contributed by atoms with Crippen molar-refractivity contribution in [3.63, 3.8) is 0 Å². The first-order valence-corrected chi connectivity index (χ1v) is 5.98. The van der Waals surface area contributed by atoms with E-state index < -0.39 is 17.0 Å². The molecule has 0 spiro atoms. The molecule has 0 aliphatic carbocycles. The summed E-state index contributed by atoms with van der Waals surface area (Å²) in [6, 6.07) is 5.93.